The highest BCUT2D eigenvalue weighted by Crippen LogP contribution is 2.27. The van der Waals surface area contributed by atoms with Crippen LogP contribution in [0.3, 0.4) is 0 Å². The summed E-state index contributed by atoms with van der Waals surface area (Å²) >= 11 is 0. The summed E-state index contributed by atoms with van der Waals surface area (Å²) < 4.78 is 5.20. The Bertz CT molecular complexity index is 540. The lowest BCUT2D eigenvalue weighted by Crippen LogP contribution is -2.50. The van der Waals surface area contributed by atoms with Crippen LogP contribution in [0.15, 0.2) is 24.3 Å². The number of carbonyl (C=O) groups excluding carboxylic acids is 1. The Balaban J connectivity index is 0.00000208. The molecule has 4 unspecified atom stereocenters. The van der Waals surface area contributed by atoms with E-state index in [2.05, 4.69) is 28.4 Å². The maximum atomic E-state index is 12.7. The minimum atomic E-state index is -0.106. The normalized spacial score (nSPS) is 29.6. The summed E-state index contributed by atoms with van der Waals surface area (Å²) in [6.07, 6.45) is 0.994. The molecule has 0 saturated carbocycles. The molecule has 134 valence electrons. The highest BCUT2D eigenvalue weighted by molar-refractivity contribution is 5.85. The van der Waals surface area contributed by atoms with Crippen LogP contribution in [0.2, 0.25) is 0 Å². The Morgan fingerprint density at radius 2 is 2.00 bits per heavy atom. The standard InChI is InChI=1S/C17H26N4O2.ClH/c1-11-9-18-8-7-15(11)20-17(22)14-10-19-21-16(14)12-3-5-13(23-2)6-4-12;/h3-6,11,14-16,18-19,21H,7-10H2,1-2H3,(H,20,22);1H. The summed E-state index contributed by atoms with van der Waals surface area (Å²) in [5, 5.41) is 6.61. The Hall–Kier alpha value is -1.34. The van der Waals surface area contributed by atoms with Crippen molar-refractivity contribution < 1.29 is 9.53 Å². The highest BCUT2D eigenvalue weighted by atomic mass is 35.5. The van der Waals surface area contributed by atoms with E-state index < -0.39 is 0 Å². The number of amides is 1. The number of rotatable bonds is 4. The van der Waals surface area contributed by atoms with E-state index in [0.717, 1.165) is 30.8 Å². The zero-order valence-corrected chi connectivity index (χ0v) is 15.0. The molecule has 2 fully saturated rings. The quantitative estimate of drug-likeness (QED) is 0.649. The zero-order chi connectivity index (χ0) is 16.2. The topological polar surface area (TPSA) is 74.4 Å². The predicted octanol–water partition coefficient (Wildman–Crippen LogP) is 0.996. The van der Waals surface area contributed by atoms with Crippen molar-refractivity contribution in [3.63, 3.8) is 0 Å². The van der Waals surface area contributed by atoms with Gasteiger partial charge in [-0.15, -0.1) is 12.4 Å². The van der Waals surface area contributed by atoms with Crippen LogP contribution in [0.4, 0.5) is 0 Å². The van der Waals surface area contributed by atoms with E-state index in [1.54, 1.807) is 7.11 Å². The molecule has 6 nitrogen and oxygen atoms in total. The third-order valence-electron chi connectivity index (χ3n) is 4.91. The smallest absolute Gasteiger partial charge is 0.226 e. The van der Waals surface area contributed by atoms with Gasteiger partial charge in [-0.3, -0.25) is 10.2 Å². The summed E-state index contributed by atoms with van der Waals surface area (Å²) in [5.41, 5.74) is 7.44. The van der Waals surface area contributed by atoms with Crippen molar-refractivity contribution in [2.24, 2.45) is 11.8 Å². The molecule has 24 heavy (non-hydrogen) atoms. The average Bonchev–Trinajstić information content (AvgIpc) is 3.07. The number of methoxy groups -OCH3 is 1. The van der Waals surface area contributed by atoms with E-state index in [1.165, 1.54) is 0 Å². The number of carbonyl (C=O) groups is 1. The summed E-state index contributed by atoms with van der Waals surface area (Å²) in [4.78, 5) is 12.7. The van der Waals surface area contributed by atoms with Crippen LogP contribution in [0, 0.1) is 11.8 Å². The first kappa shape index (κ1) is 19.0. The maximum absolute atomic E-state index is 12.7. The van der Waals surface area contributed by atoms with Crippen molar-refractivity contribution in [1.82, 2.24) is 21.5 Å². The van der Waals surface area contributed by atoms with E-state index in [4.69, 9.17) is 4.74 Å². The summed E-state index contributed by atoms with van der Waals surface area (Å²) in [6.45, 7) is 4.76. The SMILES string of the molecule is COc1ccc(C2NNCC2C(=O)NC2CCNCC2C)cc1.Cl. The third kappa shape index (κ3) is 4.19. The van der Waals surface area contributed by atoms with E-state index in [1.807, 2.05) is 24.3 Å². The Morgan fingerprint density at radius 3 is 2.67 bits per heavy atom. The predicted molar refractivity (Wildman–Crippen MR) is 96.2 cm³/mol. The lowest BCUT2D eigenvalue weighted by atomic mass is 9.91. The molecule has 1 aromatic carbocycles. The molecule has 2 aliphatic heterocycles. The van der Waals surface area contributed by atoms with Crippen molar-refractivity contribution in [3.05, 3.63) is 29.8 Å². The van der Waals surface area contributed by atoms with E-state index in [0.29, 0.717) is 12.5 Å². The van der Waals surface area contributed by atoms with Gasteiger partial charge in [-0.1, -0.05) is 19.1 Å². The largest absolute Gasteiger partial charge is 0.497 e. The molecule has 0 spiro atoms. The zero-order valence-electron chi connectivity index (χ0n) is 14.2. The van der Waals surface area contributed by atoms with Crippen LogP contribution >= 0.6 is 12.4 Å². The molecule has 0 radical (unpaired) electrons. The summed E-state index contributed by atoms with van der Waals surface area (Å²) in [5.74, 6) is 1.31. The Morgan fingerprint density at radius 1 is 1.25 bits per heavy atom. The average molecular weight is 355 g/mol. The fourth-order valence-electron chi connectivity index (χ4n) is 3.39. The summed E-state index contributed by atoms with van der Waals surface area (Å²) in [7, 11) is 1.65. The molecule has 1 aromatic rings. The lowest BCUT2D eigenvalue weighted by molar-refractivity contribution is -0.126. The van der Waals surface area contributed by atoms with Crippen molar-refractivity contribution in [2.75, 3.05) is 26.7 Å². The van der Waals surface area contributed by atoms with Gasteiger partial charge in [-0.2, -0.15) is 0 Å². The number of halogens is 1. The molecule has 0 aliphatic carbocycles. The van der Waals surface area contributed by atoms with Gasteiger partial charge in [0.2, 0.25) is 5.91 Å². The molecule has 4 N–H and O–H groups in total. The first-order chi connectivity index (χ1) is 11.2. The van der Waals surface area contributed by atoms with Crippen LogP contribution < -0.4 is 26.2 Å². The second kappa shape index (κ2) is 8.67. The number of hydrogen-bond acceptors (Lipinski definition) is 5. The van der Waals surface area contributed by atoms with Gasteiger partial charge >= 0.3 is 0 Å². The number of hydrazine groups is 1. The van der Waals surface area contributed by atoms with Crippen LogP contribution in [0.5, 0.6) is 5.75 Å². The molecular weight excluding hydrogens is 328 g/mol. The monoisotopic (exact) mass is 354 g/mol. The second-order valence-electron chi connectivity index (χ2n) is 6.47. The van der Waals surface area contributed by atoms with E-state index in [-0.39, 0.29) is 36.3 Å². The van der Waals surface area contributed by atoms with Crippen LogP contribution in [0.1, 0.15) is 24.9 Å². The molecule has 2 saturated heterocycles. The van der Waals surface area contributed by atoms with Gasteiger partial charge in [-0.25, -0.2) is 5.43 Å². The van der Waals surface area contributed by atoms with Gasteiger partial charge in [0.05, 0.1) is 19.1 Å². The van der Waals surface area contributed by atoms with Crippen LogP contribution in [-0.4, -0.2) is 38.7 Å². The van der Waals surface area contributed by atoms with E-state index >= 15 is 0 Å². The van der Waals surface area contributed by atoms with Crippen molar-refractivity contribution >= 4 is 18.3 Å². The lowest BCUT2D eigenvalue weighted by Gasteiger charge is -2.31. The Kier molecular flexibility index (Phi) is 6.86. The van der Waals surface area contributed by atoms with Crippen molar-refractivity contribution in [2.45, 2.75) is 25.4 Å². The summed E-state index contributed by atoms with van der Waals surface area (Å²) in [6, 6.07) is 8.13. The maximum Gasteiger partial charge on any atom is 0.226 e. The fraction of sp³-hybridized carbons (Fsp3) is 0.588. The van der Waals surface area contributed by atoms with E-state index in [9.17, 15) is 4.79 Å². The molecular formula is C17H27ClN4O2. The second-order valence-corrected chi connectivity index (χ2v) is 6.47. The number of piperidine rings is 1. The van der Waals surface area contributed by atoms with Crippen LogP contribution in [-0.2, 0) is 4.79 Å². The van der Waals surface area contributed by atoms with Gasteiger partial charge in [0, 0.05) is 12.6 Å². The van der Waals surface area contributed by atoms with Gasteiger partial charge in [0.25, 0.3) is 0 Å². The number of benzene rings is 1. The first-order valence-electron chi connectivity index (χ1n) is 8.32. The highest BCUT2D eigenvalue weighted by Gasteiger charge is 2.35. The minimum Gasteiger partial charge on any atom is -0.497 e. The number of hydrogen-bond donors (Lipinski definition) is 4. The van der Waals surface area contributed by atoms with Crippen molar-refractivity contribution in [1.29, 1.82) is 0 Å². The number of nitrogens with one attached hydrogen (secondary N) is 4. The fourth-order valence-corrected chi connectivity index (χ4v) is 3.39. The van der Waals surface area contributed by atoms with Gasteiger partial charge in [-0.05, 0) is 43.1 Å². The molecule has 0 aromatic heterocycles. The van der Waals surface area contributed by atoms with Crippen LogP contribution in [0.25, 0.3) is 0 Å². The van der Waals surface area contributed by atoms with Gasteiger partial charge < -0.3 is 15.4 Å². The number of ether oxygens (including phenoxy) is 1. The van der Waals surface area contributed by atoms with Crippen molar-refractivity contribution in [3.8, 4) is 5.75 Å². The molecule has 3 rings (SSSR count). The molecule has 4 atom stereocenters. The first-order valence-corrected chi connectivity index (χ1v) is 8.32. The third-order valence-corrected chi connectivity index (χ3v) is 4.91. The van der Waals surface area contributed by atoms with Gasteiger partial charge in [0.15, 0.2) is 0 Å². The molecule has 2 heterocycles. The minimum absolute atomic E-state index is 0. The van der Waals surface area contributed by atoms with Gasteiger partial charge in [0.1, 0.15) is 5.75 Å². The Labute approximate surface area is 149 Å². The molecule has 1 amide bonds. The molecule has 2 aliphatic rings. The molecule has 0 bridgehead atoms. The molecule has 7 heteroatoms.